The van der Waals surface area contributed by atoms with E-state index in [9.17, 15) is 10.1 Å². The SMILES string of the molecule is O=[N+]([O-])c1cccc(CNc2ccncc2Cl)c1. The summed E-state index contributed by atoms with van der Waals surface area (Å²) >= 11 is 5.94. The van der Waals surface area contributed by atoms with E-state index in [1.807, 2.05) is 6.07 Å². The van der Waals surface area contributed by atoms with Crippen molar-refractivity contribution in [3.63, 3.8) is 0 Å². The summed E-state index contributed by atoms with van der Waals surface area (Å²) in [5, 5.41) is 14.3. The smallest absolute Gasteiger partial charge is 0.269 e. The highest BCUT2D eigenvalue weighted by Crippen LogP contribution is 2.20. The molecule has 0 aliphatic heterocycles. The standard InChI is InChI=1S/C12H10ClN3O2/c13-11-8-14-5-4-12(11)15-7-9-2-1-3-10(6-9)16(17)18/h1-6,8H,7H2,(H,14,15). The molecule has 0 saturated carbocycles. The Hall–Kier alpha value is -2.14. The van der Waals surface area contributed by atoms with Gasteiger partial charge in [-0.1, -0.05) is 23.7 Å². The first-order valence-corrected chi connectivity index (χ1v) is 5.61. The molecule has 0 amide bonds. The maximum atomic E-state index is 10.6. The molecule has 2 rings (SSSR count). The highest BCUT2D eigenvalue weighted by Gasteiger charge is 2.05. The van der Waals surface area contributed by atoms with Gasteiger partial charge in [-0.15, -0.1) is 0 Å². The molecule has 1 aromatic carbocycles. The number of non-ortho nitro benzene ring substituents is 1. The minimum Gasteiger partial charge on any atom is -0.380 e. The Balaban J connectivity index is 2.09. The maximum Gasteiger partial charge on any atom is 0.269 e. The number of hydrogen-bond donors (Lipinski definition) is 1. The number of hydrogen-bond acceptors (Lipinski definition) is 4. The average Bonchev–Trinajstić information content (AvgIpc) is 2.38. The lowest BCUT2D eigenvalue weighted by Crippen LogP contribution is -2.00. The van der Waals surface area contributed by atoms with E-state index in [2.05, 4.69) is 10.3 Å². The molecule has 0 atom stereocenters. The molecule has 0 bridgehead atoms. The highest BCUT2D eigenvalue weighted by atomic mass is 35.5. The zero-order chi connectivity index (χ0) is 13.0. The van der Waals surface area contributed by atoms with E-state index in [-0.39, 0.29) is 5.69 Å². The van der Waals surface area contributed by atoms with Crippen molar-refractivity contribution in [1.29, 1.82) is 0 Å². The molecule has 0 aliphatic carbocycles. The van der Waals surface area contributed by atoms with Crippen LogP contribution in [0.3, 0.4) is 0 Å². The fourth-order valence-corrected chi connectivity index (χ4v) is 1.68. The second-order valence-corrected chi connectivity index (χ2v) is 4.04. The molecule has 0 saturated heterocycles. The summed E-state index contributed by atoms with van der Waals surface area (Å²) in [7, 11) is 0. The van der Waals surface area contributed by atoms with Crippen molar-refractivity contribution < 1.29 is 4.92 Å². The van der Waals surface area contributed by atoms with E-state index in [0.717, 1.165) is 11.3 Å². The second-order valence-electron chi connectivity index (χ2n) is 3.64. The predicted octanol–water partition coefficient (Wildman–Crippen LogP) is 3.26. The fourth-order valence-electron chi connectivity index (χ4n) is 1.50. The third-order valence-corrected chi connectivity index (χ3v) is 2.68. The van der Waals surface area contributed by atoms with Crippen molar-refractivity contribution in [3.8, 4) is 0 Å². The van der Waals surface area contributed by atoms with Crippen LogP contribution in [0.15, 0.2) is 42.7 Å². The predicted molar refractivity (Wildman–Crippen MR) is 69.7 cm³/mol. The van der Waals surface area contributed by atoms with Crippen molar-refractivity contribution in [2.45, 2.75) is 6.54 Å². The summed E-state index contributed by atoms with van der Waals surface area (Å²) in [6.07, 6.45) is 3.17. The second kappa shape index (κ2) is 5.46. The Morgan fingerprint density at radius 1 is 1.39 bits per heavy atom. The summed E-state index contributed by atoms with van der Waals surface area (Å²) < 4.78 is 0. The third kappa shape index (κ3) is 2.95. The minimum absolute atomic E-state index is 0.0788. The molecule has 18 heavy (non-hydrogen) atoms. The van der Waals surface area contributed by atoms with Crippen LogP contribution in [0.1, 0.15) is 5.56 Å². The largest absolute Gasteiger partial charge is 0.380 e. The van der Waals surface area contributed by atoms with Gasteiger partial charge in [0.1, 0.15) is 0 Å². The van der Waals surface area contributed by atoms with Gasteiger partial charge in [-0.3, -0.25) is 15.1 Å². The fraction of sp³-hybridized carbons (Fsp3) is 0.0833. The molecule has 1 aromatic heterocycles. The van der Waals surface area contributed by atoms with E-state index in [1.165, 1.54) is 18.3 Å². The van der Waals surface area contributed by atoms with Crippen LogP contribution < -0.4 is 5.32 Å². The third-order valence-electron chi connectivity index (χ3n) is 2.38. The Bertz CT molecular complexity index is 575. The van der Waals surface area contributed by atoms with Crippen LogP contribution in [0.2, 0.25) is 5.02 Å². The number of nitrogens with zero attached hydrogens (tertiary/aromatic N) is 2. The van der Waals surface area contributed by atoms with Gasteiger partial charge in [-0.05, 0) is 11.6 Å². The van der Waals surface area contributed by atoms with Crippen molar-refractivity contribution in [1.82, 2.24) is 4.98 Å². The summed E-state index contributed by atoms with van der Waals surface area (Å²) in [5.74, 6) is 0. The normalized spacial score (nSPS) is 10.1. The lowest BCUT2D eigenvalue weighted by molar-refractivity contribution is -0.384. The Morgan fingerprint density at radius 3 is 2.94 bits per heavy atom. The maximum absolute atomic E-state index is 10.6. The first kappa shape index (κ1) is 12.3. The minimum atomic E-state index is -0.414. The zero-order valence-corrected chi connectivity index (χ0v) is 10.1. The van der Waals surface area contributed by atoms with E-state index in [0.29, 0.717) is 11.6 Å². The summed E-state index contributed by atoms with van der Waals surface area (Å²) in [6.45, 7) is 0.464. The van der Waals surface area contributed by atoms with Gasteiger partial charge in [-0.25, -0.2) is 0 Å². The number of pyridine rings is 1. The van der Waals surface area contributed by atoms with Crippen LogP contribution in [0.25, 0.3) is 0 Å². The Labute approximate surface area is 109 Å². The van der Waals surface area contributed by atoms with E-state index in [1.54, 1.807) is 18.3 Å². The average molecular weight is 264 g/mol. The molecule has 1 heterocycles. The zero-order valence-electron chi connectivity index (χ0n) is 9.34. The van der Waals surface area contributed by atoms with Crippen LogP contribution in [-0.2, 0) is 6.54 Å². The van der Waals surface area contributed by atoms with Gasteiger partial charge in [0.15, 0.2) is 0 Å². The number of nitrogens with one attached hydrogen (secondary N) is 1. The topological polar surface area (TPSA) is 68.1 Å². The molecule has 1 N–H and O–H groups in total. The van der Waals surface area contributed by atoms with Gasteiger partial charge < -0.3 is 5.32 Å². The molecule has 0 aliphatic rings. The number of benzene rings is 1. The molecular weight excluding hydrogens is 254 g/mol. The molecule has 0 unspecified atom stereocenters. The van der Waals surface area contributed by atoms with Gasteiger partial charge in [0, 0.05) is 31.1 Å². The summed E-state index contributed by atoms with van der Waals surface area (Å²) in [4.78, 5) is 14.1. The quantitative estimate of drug-likeness (QED) is 0.679. The van der Waals surface area contributed by atoms with Gasteiger partial charge in [0.25, 0.3) is 5.69 Å². The lowest BCUT2D eigenvalue weighted by atomic mass is 10.2. The molecule has 0 fully saturated rings. The van der Waals surface area contributed by atoms with E-state index in [4.69, 9.17) is 11.6 Å². The van der Waals surface area contributed by atoms with Crippen molar-refractivity contribution in [2.24, 2.45) is 0 Å². The number of nitro groups is 1. The lowest BCUT2D eigenvalue weighted by Gasteiger charge is -2.07. The van der Waals surface area contributed by atoms with Gasteiger partial charge in [0.05, 0.1) is 15.6 Å². The molecule has 0 spiro atoms. The van der Waals surface area contributed by atoms with Gasteiger partial charge in [-0.2, -0.15) is 0 Å². The van der Waals surface area contributed by atoms with Crippen LogP contribution in [-0.4, -0.2) is 9.91 Å². The number of halogens is 1. The summed E-state index contributed by atoms with van der Waals surface area (Å²) in [5.41, 5.74) is 1.64. The monoisotopic (exact) mass is 263 g/mol. The van der Waals surface area contributed by atoms with E-state index >= 15 is 0 Å². The van der Waals surface area contributed by atoms with Crippen LogP contribution in [0.5, 0.6) is 0 Å². The highest BCUT2D eigenvalue weighted by molar-refractivity contribution is 6.33. The van der Waals surface area contributed by atoms with E-state index < -0.39 is 4.92 Å². The molecule has 92 valence electrons. The van der Waals surface area contributed by atoms with Crippen molar-refractivity contribution >= 4 is 23.0 Å². The Morgan fingerprint density at radius 2 is 2.22 bits per heavy atom. The molecular formula is C12H10ClN3O2. The Kier molecular flexibility index (Phi) is 3.74. The van der Waals surface area contributed by atoms with Crippen LogP contribution >= 0.6 is 11.6 Å². The number of rotatable bonds is 4. The van der Waals surface area contributed by atoms with Crippen LogP contribution in [0, 0.1) is 10.1 Å². The number of nitro benzene ring substituents is 1. The van der Waals surface area contributed by atoms with Crippen LogP contribution in [0.4, 0.5) is 11.4 Å². The molecule has 5 nitrogen and oxygen atoms in total. The van der Waals surface area contributed by atoms with Crippen molar-refractivity contribution in [2.75, 3.05) is 5.32 Å². The number of aromatic nitrogens is 1. The first-order valence-electron chi connectivity index (χ1n) is 5.23. The van der Waals surface area contributed by atoms with Gasteiger partial charge in [0.2, 0.25) is 0 Å². The first-order chi connectivity index (χ1) is 8.66. The molecule has 2 aromatic rings. The van der Waals surface area contributed by atoms with Gasteiger partial charge >= 0.3 is 0 Å². The summed E-state index contributed by atoms with van der Waals surface area (Å²) in [6, 6.07) is 8.21. The molecule has 6 heteroatoms. The number of anilines is 1. The van der Waals surface area contributed by atoms with Crippen molar-refractivity contribution in [3.05, 3.63) is 63.4 Å². The molecule has 0 radical (unpaired) electrons.